The molecule has 0 radical (unpaired) electrons. The standard InChI is InChI=1S/C22H26F3NO3S/c1-15-7-6-11-21(4)19(14-20(2,3)12-10-18(15)27)26(21)30(28,29)17-9-5-8-16(13-17)22(23,24)25/h5,7-10,12-13,19H,6,11,14H2,1-4H3/b12-10+,15-7+/t19-,21+,26?/m1/s1. The summed E-state index contributed by atoms with van der Waals surface area (Å²) in [5.41, 5.74) is -1.57. The zero-order chi connectivity index (χ0) is 22.5. The van der Waals surface area contributed by atoms with Crippen LogP contribution in [0.4, 0.5) is 13.2 Å². The third kappa shape index (κ3) is 4.25. The molecule has 2 aliphatic rings. The van der Waals surface area contributed by atoms with Gasteiger partial charge in [0, 0.05) is 6.04 Å². The van der Waals surface area contributed by atoms with Crippen molar-refractivity contribution in [1.29, 1.82) is 0 Å². The molecule has 0 saturated carbocycles. The highest BCUT2D eigenvalue weighted by Crippen LogP contribution is 2.53. The lowest BCUT2D eigenvalue weighted by atomic mass is 9.84. The Morgan fingerprint density at radius 2 is 1.83 bits per heavy atom. The van der Waals surface area contributed by atoms with Crippen molar-refractivity contribution in [3.05, 3.63) is 53.6 Å². The smallest absolute Gasteiger partial charge is 0.290 e. The summed E-state index contributed by atoms with van der Waals surface area (Å²) in [7, 11) is -4.11. The monoisotopic (exact) mass is 441 g/mol. The Kier molecular flexibility index (Phi) is 5.56. The topological polar surface area (TPSA) is 54.2 Å². The average molecular weight is 442 g/mol. The van der Waals surface area contributed by atoms with Crippen molar-refractivity contribution in [2.45, 2.75) is 69.6 Å². The van der Waals surface area contributed by atoms with Gasteiger partial charge in [0.2, 0.25) is 10.0 Å². The van der Waals surface area contributed by atoms with Gasteiger partial charge >= 0.3 is 6.18 Å². The Morgan fingerprint density at radius 1 is 1.17 bits per heavy atom. The van der Waals surface area contributed by atoms with Gasteiger partial charge in [0.25, 0.3) is 0 Å². The van der Waals surface area contributed by atoms with Crippen molar-refractivity contribution >= 4 is 15.8 Å². The molecule has 1 aromatic rings. The van der Waals surface area contributed by atoms with Crippen LogP contribution in [-0.4, -0.2) is 30.1 Å². The molecule has 1 heterocycles. The van der Waals surface area contributed by atoms with Crippen LogP contribution < -0.4 is 0 Å². The Labute approximate surface area is 175 Å². The Bertz CT molecular complexity index is 1020. The molecule has 1 saturated heterocycles. The third-order valence-electron chi connectivity index (χ3n) is 6.05. The molecule has 164 valence electrons. The molecule has 8 heteroatoms. The summed E-state index contributed by atoms with van der Waals surface area (Å²) in [6.07, 6.45) is 1.93. The van der Waals surface area contributed by atoms with Gasteiger partial charge in [-0.1, -0.05) is 32.1 Å². The fourth-order valence-corrected chi connectivity index (χ4v) is 6.22. The first-order chi connectivity index (χ1) is 13.7. The van der Waals surface area contributed by atoms with E-state index in [1.165, 1.54) is 16.4 Å². The van der Waals surface area contributed by atoms with Crippen LogP contribution in [0.5, 0.6) is 0 Å². The Hall–Kier alpha value is -1.93. The molecule has 30 heavy (non-hydrogen) atoms. The van der Waals surface area contributed by atoms with E-state index in [0.29, 0.717) is 30.9 Å². The number of halogens is 3. The molecule has 1 aromatic carbocycles. The van der Waals surface area contributed by atoms with Gasteiger partial charge < -0.3 is 0 Å². The number of hydrogen-bond acceptors (Lipinski definition) is 3. The first kappa shape index (κ1) is 22.7. The second-order valence-electron chi connectivity index (χ2n) is 9.02. The molecule has 1 fully saturated rings. The van der Waals surface area contributed by atoms with E-state index in [1.807, 2.05) is 20.8 Å². The van der Waals surface area contributed by atoms with E-state index in [1.54, 1.807) is 19.1 Å². The SMILES string of the molecule is C/C1=C\CC[C@@]2(C)[C@@H](CC(C)(C)/C=C/C1=O)N2S(=O)(=O)c1cccc(C(F)(F)F)c1. The van der Waals surface area contributed by atoms with Crippen molar-refractivity contribution in [2.75, 3.05) is 0 Å². The number of alkyl halides is 3. The summed E-state index contributed by atoms with van der Waals surface area (Å²) in [6.45, 7) is 7.38. The molecular weight excluding hydrogens is 415 g/mol. The molecule has 4 nitrogen and oxygen atoms in total. The van der Waals surface area contributed by atoms with Crippen molar-refractivity contribution in [2.24, 2.45) is 5.41 Å². The highest BCUT2D eigenvalue weighted by atomic mass is 32.2. The molecule has 0 spiro atoms. The maximum atomic E-state index is 13.3. The summed E-state index contributed by atoms with van der Waals surface area (Å²) in [4.78, 5) is 11.8. The number of sulfonamides is 1. The van der Waals surface area contributed by atoms with Gasteiger partial charge in [-0.25, -0.2) is 8.42 Å². The van der Waals surface area contributed by atoms with Gasteiger partial charge in [-0.3, -0.25) is 4.79 Å². The molecule has 3 rings (SSSR count). The lowest BCUT2D eigenvalue weighted by Crippen LogP contribution is -2.22. The summed E-state index contributed by atoms with van der Waals surface area (Å²) in [5.74, 6) is -0.0720. The van der Waals surface area contributed by atoms with Gasteiger partial charge in [-0.15, -0.1) is 0 Å². The van der Waals surface area contributed by atoms with Gasteiger partial charge in [0.05, 0.1) is 16.0 Å². The second-order valence-corrected chi connectivity index (χ2v) is 10.8. The van der Waals surface area contributed by atoms with Crippen molar-refractivity contribution in [3.63, 3.8) is 0 Å². The minimum atomic E-state index is -4.62. The number of rotatable bonds is 2. The zero-order valence-electron chi connectivity index (χ0n) is 17.5. The summed E-state index contributed by atoms with van der Waals surface area (Å²) in [5, 5.41) is 0. The summed E-state index contributed by atoms with van der Waals surface area (Å²) in [6, 6.07) is 3.52. The van der Waals surface area contributed by atoms with Crippen LogP contribution in [0.3, 0.4) is 0 Å². The van der Waals surface area contributed by atoms with Crippen LogP contribution >= 0.6 is 0 Å². The van der Waals surface area contributed by atoms with E-state index in [9.17, 15) is 26.4 Å². The van der Waals surface area contributed by atoms with E-state index < -0.39 is 32.7 Å². The number of ketones is 1. The summed E-state index contributed by atoms with van der Waals surface area (Å²) >= 11 is 0. The van der Waals surface area contributed by atoms with E-state index in [2.05, 4.69) is 0 Å². The van der Waals surface area contributed by atoms with Crippen LogP contribution in [0, 0.1) is 5.41 Å². The molecule has 1 aliphatic heterocycles. The number of carbonyl (C=O) groups is 1. The van der Waals surface area contributed by atoms with E-state index in [0.717, 1.165) is 12.1 Å². The van der Waals surface area contributed by atoms with Gasteiger partial charge in [0.15, 0.2) is 5.78 Å². The fraction of sp³-hybridized carbons (Fsp3) is 0.500. The maximum Gasteiger partial charge on any atom is 0.416 e. The largest absolute Gasteiger partial charge is 0.416 e. The molecule has 1 aliphatic carbocycles. The molecular formula is C22H26F3NO3S. The third-order valence-corrected chi connectivity index (χ3v) is 8.09. The lowest BCUT2D eigenvalue weighted by molar-refractivity contribution is -0.137. The van der Waals surface area contributed by atoms with Crippen molar-refractivity contribution in [1.82, 2.24) is 4.31 Å². The highest BCUT2D eigenvalue weighted by Gasteiger charge is 2.65. The normalized spacial score (nSPS) is 32.4. The first-order valence-corrected chi connectivity index (χ1v) is 11.2. The number of allylic oxidation sites excluding steroid dienone is 4. The van der Waals surface area contributed by atoms with Crippen molar-refractivity contribution in [3.8, 4) is 0 Å². The van der Waals surface area contributed by atoms with E-state index in [-0.39, 0.29) is 16.7 Å². The van der Waals surface area contributed by atoms with E-state index in [4.69, 9.17) is 0 Å². The van der Waals surface area contributed by atoms with Crippen molar-refractivity contribution < 1.29 is 26.4 Å². The highest BCUT2D eigenvalue weighted by molar-refractivity contribution is 7.89. The fourth-order valence-electron chi connectivity index (χ4n) is 4.12. The second kappa shape index (κ2) is 7.34. The van der Waals surface area contributed by atoms with Crippen LogP contribution in [0.1, 0.15) is 52.5 Å². The quantitative estimate of drug-likeness (QED) is 0.599. The Balaban J connectivity index is 2.00. The number of carbonyl (C=O) groups excluding carboxylic acids is 1. The number of benzene rings is 1. The maximum absolute atomic E-state index is 13.3. The first-order valence-electron chi connectivity index (χ1n) is 9.81. The average Bonchev–Trinajstić information content (AvgIpc) is 3.21. The summed E-state index contributed by atoms with van der Waals surface area (Å²) < 4.78 is 67.3. The lowest BCUT2D eigenvalue weighted by Gasteiger charge is -2.20. The molecule has 0 bridgehead atoms. The number of fused-ring (bicyclic) bond motifs is 1. The minimum absolute atomic E-state index is 0.0720. The minimum Gasteiger partial charge on any atom is -0.290 e. The van der Waals surface area contributed by atoms with Gasteiger partial charge in [-0.2, -0.15) is 17.5 Å². The van der Waals surface area contributed by atoms with Gasteiger partial charge in [0.1, 0.15) is 0 Å². The van der Waals surface area contributed by atoms with E-state index >= 15 is 0 Å². The molecule has 1 unspecified atom stereocenters. The van der Waals surface area contributed by atoms with Crippen LogP contribution in [-0.2, 0) is 21.0 Å². The number of hydrogen-bond donors (Lipinski definition) is 0. The molecule has 0 aromatic heterocycles. The van der Waals surface area contributed by atoms with Crippen LogP contribution in [0.2, 0.25) is 0 Å². The van der Waals surface area contributed by atoms with Gasteiger partial charge in [-0.05, 0) is 68.4 Å². The number of nitrogens with zero attached hydrogens (tertiary/aromatic N) is 1. The molecule has 3 atom stereocenters. The molecule has 0 amide bonds. The van der Waals surface area contributed by atoms with Crippen LogP contribution in [0.25, 0.3) is 0 Å². The van der Waals surface area contributed by atoms with Crippen LogP contribution in [0.15, 0.2) is 53.0 Å². The predicted octanol–water partition coefficient (Wildman–Crippen LogP) is 5.12. The zero-order valence-corrected chi connectivity index (χ0v) is 18.3. The predicted molar refractivity (Wildman–Crippen MR) is 108 cm³/mol. The Morgan fingerprint density at radius 3 is 2.47 bits per heavy atom. The molecule has 0 N–H and O–H groups in total.